The summed E-state index contributed by atoms with van der Waals surface area (Å²) >= 11 is 0. The minimum absolute atomic E-state index is 0.00895. The fraction of sp³-hybridized carbons (Fsp3) is 0.625. The van der Waals surface area contributed by atoms with Crippen LogP contribution in [-0.2, 0) is 4.79 Å². The number of carbonyl (C=O) groups excluding carboxylic acids is 1. The molecule has 0 bridgehead atoms. The number of carbonyl (C=O) groups is 1. The van der Waals surface area contributed by atoms with Gasteiger partial charge in [0.05, 0.1) is 6.61 Å². The third kappa shape index (κ3) is 3.64. The molecule has 0 radical (unpaired) electrons. The number of hydrogen-bond acceptors (Lipinski definition) is 2. The molecule has 0 atom stereocenters. The molecule has 0 aliphatic carbocycles. The lowest BCUT2D eigenvalue weighted by Gasteiger charge is -2.15. The van der Waals surface area contributed by atoms with E-state index in [0.29, 0.717) is 13.1 Å². The second kappa shape index (κ2) is 5.75. The highest BCUT2D eigenvalue weighted by Gasteiger charge is 2.05. The summed E-state index contributed by atoms with van der Waals surface area (Å²) in [6.45, 7) is 4.42. The van der Waals surface area contributed by atoms with Gasteiger partial charge >= 0.3 is 0 Å². The molecule has 1 amide bonds. The summed E-state index contributed by atoms with van der Waals surface area (Å²) in [5, 5.41) is 8.54. The molecule has 0 saturated heterocycles. The van der Waals surface area contributed by atoms with Crippen LogP contribution < -0.4 is 0 Å². The van der Waals surface area contributed by atoms with Gasteiger partial charge in [-0.2, -0.15) is 0 Å². The predicted octanol–water partition coefficient (Wildman–Crippen LogP) is -0.150. The molecule has 0 rings (SSSR count). The van der Waals surface area contributed by atoms with E-state index in [9.17, 15) is 4.79 Å². The van der Waals surface area contributed by atoms with E-state index in [1.54, 1.807) is 6.92 Å². The third-order valence-electron chi connectivity index (χ3n) is 1.27. The topological polar surface area (TPSA) is 40.5 Å². The van der Waals surface area contributed by atoms with Crippen LogP contribution in [0.15, 0.2) is 0 Å². The number of aliphatic hydroxyl groups is 1. The van der Waals surface area contributed by atoms with Gasteiger partial charge in [-0.05, 0) is 19.8 Å². The lowest BCUT2D eigenvalue weighted by atomic mass is 10.4. The van der Waals surface area contributed by atoms with E-state index in [2.05, 4.69) is 11.8 Å². The Bertz CT molecular complexity index is 178. The van der Waals surface area contributed by atoms with E-state index in [1.807, 2.05) is 6.92 Å². The highest BCUT2D eigenvalue weighted by Crippen LogP contribution is 1.86. The van der Waals surface area contributed by atoms with Crippen LogP contribution in [0.5, 0.6) is 0 Å². The summed E-state index contributed by atoms with van der Waals surface area (Å²) in [6, 6.07) is 0. The van der Waals surface area contributed by atoms with Crippen LogP contribution in [0.4, 0.5) is 0 Å². The maximum atomic E-state index is 11.0. The Morgan fingerprint density at radius 1 is 1.64 bits per heavy atom. The molecule has 62 valence electrons. The molecule has 0 spiro atoms. The van der Waals surface area contributed by atoms with E-state index < -0.39 is 0 Å². The van der Waals surface area contributed by atoms with Crippen LogP contribution in [0.2, 0.25) is 0 Å². The first-order valence-corrected chi connectivity index (χ1v) is 3.58. The van der Waals surface area contributed by atoms with Crippen molar-refractivity contribution in [1.82, 2.24) is 4.90 Å². The van der Waals surface area contributed by atoms with Crippen molar-refractivity contribution < 1.29 is 9.90 Å². The quantitative estimate of drug-likeness (QED) is 0.576. The van der Waals surface area contributed by atoms with Crippen LogP contribution in [-0.4, -0.2) is 35.6 Å². The SMILES string of the molecule is CC#CC(=O)N(CC)CCO. The summed E-state index contributed by atoms with van der Waals surface area (Å²) < 4.78 is 0. The predicted molar refractivity (Wildman–Crippen MR) is 42.8 cm³/mol. The van der Waals surface area contributed by atoms with Gasteiger partial charge in [0.25, 0.3) is 5.91 Å². The molecule has 3 nitrogen and oxygen atoms in total. The number of rotatable bonds is 3. The van der Waals surface area contributed by atoms with E-state index in [0.717, 1.165) is 0 Å². The summed E-state index contributed by atoms with van der Waals surface area (Å²) in [7, 11) is 0. The number of hydrogen-bond donors (Lipinski definition) is 1. The highest BCUT2D eigenvalue weighted by molar-refractivity contribution is 5.93. The Balaban J connectivity index is 3.98. The fourth-order valence-corrected chi connectivity index (χ4v) is 0.710. The molecule has 0 aromatic carbocycles. The monoisotopic (exact) mass is 155 g/mol. The molecule has 0 heterocycles. The first-order valence-electron chi connectivity index (χ1n) is 3.58. The van der Waals surface area contributed by atoms with Gasteiger partial charge in [0, 0.05) is 13.1 Å². The minimum Gasteiger partial charge on any atom is -0.395 e. The molecule has 0 aromatic heterocycles. The van der Waals surface area contributed by atoms with Crippen molar-refractivity contribution in [3.63, 3.8) is 0 Å². The third-order valence-corrected chi connectivity index (χ3v) is 1.27. The van der Waals surface area contributed by atoms with Crippen molar-refractivity contribution in [2.75, 3.05) is 19.7 Å². The summed E-state index contributed by atoms with van der Waals surface area (Å²) in [5.41, 5.74) is 0. The molecule has 1 N–H and O–H groups in total. The van der Waals surface area contributed by atoms with E-state index in [4.69, 9.17) is 5.11 Å². The molecule has 0 saturated carbocycles. The van der Waals surface area contributed by atoms with Crippen LogP contribution >= 0.6 is 0 Å². The van der Waals surface area contributed by atoms with Crippen LogP contribution in [0, 0.1) is 11.8 Å². The Morgan fingerprint density at radius 3 is 2.64 bits per heavy atom. The minimum atomic E-state index is -0.218. The van der Waals surface area contributed by atoms with Gasteiger partial charge in [0.15, 0.2) is 0 Å². The van der Waals surface area contributed by atoms with Crippen molar-refractivity contribution in [1.29, 1.82) is 0 Å². The smallest absolute Gasteiger partial charge is 0.298 e. The van der Waals surface area contributed by atoms with Crippen molar-refractivity contribution in [2.24, 2.45) is 0 Å². The Hall–Kier alpha value is -1.01. The Kier molecular flexibility index (Phi) is 5.22. The van der Waals surface area contributed by atoms with Crippen LogP contribution in [0.3, 0.4) is 0 Å². The molecule has 0 fully saturated rings. The van der Waals surface area contributed by atoms with Gasteiger partial charge < -0.3 is 10.0 Å². The Labute approximate surface area is 67.0 Å². The zero-order valence-corrected chi connectivity index (χ0v) is 6.92. The summed E-state index contributed by atoms with van der Waals surface area (Å²) in [5.74, 6) is 4.71. The molecule has 0 aliphatic rings. The van der Waals surface area contributed by atoms with E-state index >= 15 is 0 Å². The Morgan fingerprint density at radius 2 is 2.27 bits per heavy atom. The van der Waals surface area contributed by atoms with Gasteiger partial charge in [-0.15, -0.1) is 0 Å². The molecular formula is C8H13NO2. The van der Waals surface area contributed by atoms with Crippen molar-refractivity contribution in [2.45, 2.75) is 13.8 Å². The maximum absolute atomic E-state index is 11.0. The maximum Gasteiger partial charge on any atom is 0.298 e. The second-order valence-corrected chi connectivity index (χ2v) is 1.98. The molecular weight excluding hydrogens is 142 g/mol. The first kappa shape index (κ1) is 9.99. The van der Waals surface area contributed by atoms with Crippen LogP contribution in [0.1, 0.15) is 13.8 Å². The molecule has 0 aromatic rings. The van der Waals surface area contributed by atoms with Gasteiger partial charge in [-0.1, -0.05) is 5.92 Å². The van der Waals surface area contributed by atoms with Gasteiger partial charge in [-0.3, -0.25) is 4.79 Å². The standard InChI is InChI=1S/C8H13NO2/c1-3-5-8(11)9(4-2)6-7-10/h10H,4,6-7H2,1-2H3. The second-order valence-electron chi connectivity index (χ2n) is 1.98. The highest BCUT2D eigenvalue weighted by atomic mass is 16.3. The number of amides is 1. The largest absolute Gasteiger partial charge is 0.395 e. The first-order chi connectivity index (χ1) is 5.26. The normalized spacial score (nSPS) is 8.27. The van der Waals surface area contributed by atoms with E-state index in [-0.39, 0.29) is 12.5 Å². The van der Waals surface area contributed by atoms with Crippen molar-refractivity contribution in [3.8, 4) is 11.8 Å². The average Bonchev–Trinajstić information content (AvgIpc) is 2.00. The van der Waals surface area contributed by atoms with Crippen molar-refractivity contribution in [3.05, 3.63) is 0 Å². The fourth-order valence-electron chi connectivity index (χ4n) is 0.710. The van der Waals surface area contributed by atoms with E-state index in [1.165, 1.54) is 4.90 Å². The number of nitrogens with zero attached hydrogens (tertiary/aromatic N) is 1. The number of likely N-dealkylation sites (N-methyl/N-ethyl adjacent to an activating group) is 1. The molecule has 11 heavy (non-hydrogen) atoms. The van der Waals surface area contributed by atoms with Gasteiger partial charge in [-0.25, -0.2) is 0 Å². The number of aliphatic hydroxyl groups excluding tert-OH is 1. The zero-order chi connectivity index (χ0) is 8.69. The van der Waals surface area contributed by atoms with Crippen LogP contribution in [0.25, 0.3) is 0 Å². The lowest BCUT2D eigenvalue weighted by Crippen LogP contribution is -2.32. The molecule has 3 heteroatoms. The summed E-state index contributed by atoms with van der Waals surface area (Å²) in [6.07, 6.45) is 0. The van der Waals surface area contributed by atoms with Gasteiger partial charge in [0.2, 0.25) is 0 Å². The van der Waals surface area contributed by atoms with Gasteiger partial charge in [0.1, 0.15) is 0 Å². The molecule has 0 unspecified atom stereocenters. The molecule has 0 aliphatic heterocycles. The van der Waals surface area contributed by atoms with Crippen molar-refractivity contribution >= 4 is 5.91 Å². The summed E-state index contributed by atoms with van der Waals surface area (Å²) in [4.78, 5) is 12.5. The lowest BCUT2D eigenvalue weighted by molar-refractivity contribution is -0.125. The average molecular weight is 155 g/mol. The zero-order valence-electron chi connectivity index (χ0n) is 6.92.